The number of carbonyl (C=O) groups is 2. The summed E-state index contributed by atoms with van der Waals surface area (Å²) in [5.41, 5.74) is -0.441. The lowest BCUT2D eigenvalue weighted by atomic mass is 9.88. The van der Waals surface area contributed by atoms with E-state index >= 15 is 0 Å². The number of rotatable bonds is 4. The molecule has 2 N–H and O–H groups in total. The van der Waals surface area contributed by atoms with E-state index in [9.17, 15) is 9.59 Å². The van der Waals surface area contributed by atoms with Gasteiger partial charge in [-0.05, 0) is 33.1 Å². The van der Waals surface area contributed by atoms with Crippen LogP contribution in [0.5, 0.6) is 0 Å². The van der Waals surface area contributed by atoms with Gasteiger partial charge in [0.25, 0.3) is 0 Å². The number of amides is 2. The van der Waals surface area contributed by atoms with Crippen LogP contribution < -0.4 is 5.32 Å². The summed E-state index contributed by atoms with van der Waals surface area (Å²) in [6, 6.07) is -0.203. The Morgan fingerprint density at radius 2 is 1.63 bits per heavy atom. The fourth-order valence-corrected chi connectivity index (χ4v) is 1.43. The van der Waals surface area contributed by atoms with Gasteiger partial charge in [-0.3, -0.25) is 4.79 Å². The van der Waals surface area contributed by atoms with Crippen molar-refractivity contribution in [1.82, 2.24) is 10.2 Å². The summed E-state index contributed by atoms with van der Waals surface area (Å²) < 4.78 is 0. The molecular formula is C14H28N2O3. The molecule has 0 radical (unpaired) electrons. The van der Waals surface area contributed by atoms with E-state index in [-0.39, 0.29) is 30.5 Å². The van der Waals surface area contributed by atoms with E-state index in [1.807, 2.05) is 27.7 Å². The van der Waals surface area contributed by atoms with Crippen LogP contribution in [0.4, 0.5) is 4.79 Å². The quantitative estimate of drug-likeness (QED) is 0.826. The Morgan fingerprint density at radius 1 is 1.16 bits per heavy atom. The summed E-state index contributed by atoms with van der Waals surface area (Å²) in [6.07, 6.45) is -0.0470. The Morgan fingerprint density at radius 3 is 1.95 bits per heavy atom. The Kier molecular flexibility index (Phi) is 5.84. The third kappa shape index (κ3) is 6.45. The Bertz CT molecular complexity index is 327. The number of aliphatic carboxylic acids is 1. The maximum atomic E-state index is 12.3. The molecule has 112 valence electrons. The van der Waals surface area contributed by atoms with Crippen LogP contribution in [0.1, 0.15) is 54.9 Å². The van der Waals surface area contributed by atoms with Gasteiger partial charge in [-0.15, -0.1) is 0 Å². The van der Waals surface area contributed by atoms with Gasteiger partial charge in [0.15, 0.2) is 0 Å². The average Bonchev–Trinajstić information content (AvgIpc) is 2.13. The van der Waals surface area contributed by atoms with Crippen LogP contribution in [0.15, 0.2) is 0 Å². The minimum Gasteiger partial charge on any atom is -0.481 e. The third-order valence-electron chi connectivity index (χ3n) is 3.24. The van der Waals surface area contributed by atoms with Crippen LogP contribution in [0.3, 0.4) is 0 Å². The van der Waals surface area contributed by atoms with Gasteiger partial charge >= 0.3 is 12.0 Å². The summed E-state index contributed by atoms with van der Waals surface area (Å²) in [5.74, 6) is -0.897. The van der Waals surface area contributed by atoms with E-state index in [2.05, 4.69) is 26.1 Å². The van der Waals surface area contributed by atoms with Gasteiger partial charge in [0, 0.05) is 18.1 Å². The molecule has 0 rings (SSSR count). The SMILES string of the molecule is CC(NC(=O)N(CCC(=O)O)C(C)(C)C)C(C)(C)C. The van der Waals surface area contributed by atoms with Crippen LogP contribution >= 0.6 is 0 Å². The summed E-state index contributed by atoms with van der Waals surface area (Å²) in [5, 5.41) is 11.7. The summed E-state index contributed by atoms with van der Waals surface area (Å²) in [4.78, 5) is 24.5. The number of carboxylic acid groups (broad SMARTS) is 1. The number of urea groups is 1. The molecule has 0 aromatic heterocycles. The minimum atomic E-state index is -0.897. The Labute approximate surface area is 116 Å². The second-order valence-corrected chi connectivity index (χ2v) is 7.00. The normalized spacial score (nSPS) is 13.8. The number of carbonyl (C=O) groups excluding carboxylic acids is 1. The predicted octanol–water partition coefficient (Wildman–Crippen LogP) is 2.71. The lowest BCUT2D eigenvalue weighted by Gasteiger charge is -2.38. The van der Waals surface area contributed by atoms with Gasteiger partial charge in [-0.2, -0.15) is 0 Å². The maximum Gasteiger partial charge on any atom is 0.318 e. The molecule has 0 aromatic carbocycles. The van der Waals surface area contributed by atoms with Crippen molar-refractivity contribution in [2.45, 2.75) is 66.5 Å². The molecule has 2 amide bonds. The number of hydrogen-bond acceptors (Lipinski definition) is 2. The second-order valence-electron chi connectivity index (χ2n) is 7.00. The van der Waals surface area contributed by atoms with Crippen molar-refractivity contribution in [3.63, 3.8) is 0 Å². The average molecular weight is 272 g/mol. The summed E-state index contributed by atoms with van der Waals surface area (Å²) in [7, 11) is 0. The molecule has 0 heterocycles. The first-order chi connectivity index (χ1) is 8.35. The standard InChI is InChI=1S/C14H28N2O3/c1-10(13(2,3)4)15-12(19)16(14(5,6)7)9-8-11(17)18/h10H,8-9H2,1-7H3,(H,15,19)(H,17,18). The number of nitrogens with zero attached hydrogens (tertiary/aromatic N) is 1. The molecule has 1 unspecified atom stereocenters. The van der Waals surface area contributed by atoms with Crippen molar-refractivity contribution in [3.8, 4) is 0 Å². The molecule has 0 fully saturated rings. The van der Waals surface area contributed by atoms with Crippen molar-refractivity contribution in [2.24, 2.45) is 5.41 Å². The van der Waals surface area contributed by atoms with Gasteiger partial charge in [0.2, 0.25) is 0 Å². The second kappa shape index (κ2) is 6.26. The molecule has 0 bridgehead atoms. The minimum absolute atomic E-state index is 0.00896. The van der Waals surface area contributed by atoms with E-state index < -0.39 is 11.5 Å². The molecule has 5 nitrogen and oxygen atoms in total. The van der Waals surface area contributed by atoms with E-state index in [0.717, 1.165) is 0 Å². The largest absolute Gasteiger partial charge is 0.481 e. The topological polar surface area (TPSA) is 69.6 Å². The highest BCUT2D eigenvalue weighted by Crippen LogP contribution is 2.20. The number of carboxylic acids is 1. The zero-order valence-electron chi connectivity index (χ0n) is 13.2. The van der Waals surface area contributed by atoms with Crippen LogP contribution in [0.2, 0.25) is 0 Å². The molecule has 5 heteroatoms. The van der Waals surface area contributed by atoms with Crippen molar-refractivity contribution in [1.29, 1.82) is 0 Å². The van der Waals surface area contributed by atoms with Crippen LogP contribution in [0.25, 0.3) is 0 Å². The first-order valence-electron chi connectivity index (χ1n) is 6.65. The number of hydrogen-bond donors (Lipinski definition) is 2. The lowest BCUT2D eigenvalue weighted by Crippen LogP contribution is -2.54. The van der Waals surface area contributed by atoms with E-state index in [4.69, 9.17) is 5.11 Å². The van der Waals surface area contributed by atoms with Crippen molar-refractivity contribution < 1.29 is 14.7 Å². The molecule has 19 heavy (non-hydrogen) atoms. The van der Waals surface area contributed by atoms with E-state index in [1.54, 1.807) is 4.90 Å². The molecule has 1 atom stereocenters. The first-order valence-corrected chi connectivity index (χ1v) is 6.65. The highest BCUT2D eigenvalue weighted by molar-refractivity contribution is 5.76. The fourth-order valence-electron chi connectivity index (χ4n) is 1.43. The highest BCUT2D eigenvalue weighted by Gasteiger charge is 2.30. The van der Waals surface area contributed by atoms with Gasteiger partial charge < -0.3 is 15.3 Å². The van der Waals surface area contributed by atoms with Crippen molar-refractivity contribution >= 4 is 12.0 Å². The zero-order chi connectivity index (χ0) is 15.4. The van der Waals surface area contributed by atoms with Crippen molar-refractivity contribution in [2.75, 3.05) is 6.54 Å². The first kappa shape index (κ1) is 17.7. The zero-order valence-corrected chi connectivity index (χ0v) is 13.2. The van der Waals surface area contributed by atoms with Crippen LogP contribution in [-0.2, 0) is 4.79 Å². The lowest BCUT2D eigenvalue weighted by molar-refractivity contribution is -0.137. The Hall–Kier alpha value is -1.26. The third-order valence-corrected chi connectivity index (χ3v) is 3.24. The molecule has 0 aliphatic rings. The monoisotopic (exact) mass is 272 g/mol. The molecule has 0 aromatic rings. The smallest absolute Gasteiger partial charge is 0.318 e. The molecule has 0 saturated heterocycles. The maximum absolute atomic E-state index is 12.3. The molecule has 0 spiro atoms. The summed E-state index contributed by atoms with van der Waals surface area (Å²) in [6.45, 7) is 14.0. The van der Waals surface area contributed by atoms with Gasteiger partial charge in [-0.25, -0.2) is 4.79 Å². The number of nitrogens with one attached hydrogen (secondary N) is 1. The highest BCUT2D eigenvalue weighted by atomic mass is 16.4. The van der Waals surface area contributed by atoms with Crippen molar-refractivity contribution in [3.05, 3.63) is 0 Å². The van der Waals surface area contributed by atoms with Gasteiger partial charge in [0.1, 0.15) is 0 Å². The van der Waals surface area contributed by atoms with Gasteiger partial charge in [-0.1, -0.05) is 20.8 Å². The Balaban J connectivity index is 4.78. The molecule has 0 aliphatic carbocycles. The van der Waals surface area contributed by atoms with Gasteiger partial charge in [0.05, 0.1) is 6.42 Å². The van der Waals surface area contributed by atoms with Crippen LogP contribution in [-0.4, -0.2) is 40.1 Å². The molecule has 0 saturated carbocycles. The molecular weight excluding hydrogens is 244 g/mol. The molecule has 0 aliphatic heterocycles. The van der Waals surface area contributed by atoms with E-state index in [0.29, 0.717) is 0 Å². The fraction of sp³-hybridized carbons (Fsp3) is 0.857. The van der Waals surface area contributed by atoms with Crippen LogP contribution in [0, 0.1) is 5.41 Å². The summed E-state index contributed by atoms with van der Waals surface area (Å²) >= 11 is 0. The predicted molar refractivity (Wildman–Crippen MR) is 76.2 cm³/mol. The van der Waals surface area contributed by atoms with E-state index in [1.165, 1.54) is 0 Å².